The van der Waals surface area contributed by atoms with Crippen LogP contribution in [0, 0.1) is 23.7 Å². The zero-order valence-corrected chi connectivity index (χ0v) is 15.3. The predicted molar refractivity (Wildman–Crippen MR) is 95.7 cm³/mol. The van der Waals surface area contributed by atoms with Crippen molar-refractivity contribution in [3.05, 3.63) is 0 Å². The largest absolute Gasteiger partial charge is 0.367 e. The van der Waals surface area contributed by atoms with Crippen LogP contribution in [0.25, 0.3) is 0 Å². The molecule has 4 heteroatoms. The zero-order valence-electron chi connectivity index (χ0n) is 15.3. The smallest absolute Gasteiger partial charge is 0.0788 e. The molecule has 4 nitrogen and oxygen atoms in total. The van der Waals surface area contributed by atoms with E-state index in [1.807, 2.05) is 0 Å². The summed E-state index contributed by atoms with van der Waals surface area (Å²) in [6.45, 7) is 4.74. The molecule has 0 radical (unpaired) electrons. The van der Waals surface area contributed by atoms with Crippen LogP contribution in [0.15, 0.2) is 5.10 Å². The van der Waals surface area contributed by atoms with Gasteiger partial charge in [-0.1, -0.05) is 19.3 Å². The Balaban J connectivity index is 1.54. The number of nitrogens with one attached hydrogen (secondary N) is 1. The van der Waals surface area contributed by atoms with Gasteiger partial charge in [-0.15, -0.1) is 0 Å². The van der Waals surface area contributed by atoms with Gasteiger partial charge in [-0.25, -0.2) is 0 Å². The predicted octanol–water partition coefficient (Wildman–Crippen LogP) is 3.21. The molecule has 0 amide bonds. The van der Waals surface area contributed by atoms with Crippen LogP contribution >= 0.6 is 0 Å². The molecule has 0 aromatic carbocycles. The van der Waals surface area contributed by atoms with Crippen LogP contribution in [0.5, 0.6) is 0 Å². The van der Waals surface area contributed by atoms with Gasteiger partial charge < -0.3 is 15.9 Å². The van der Waals surface area contributed by atoms with Crippen LogP contribution in [0.2, 0.25) is 0 Å². The standard InChI is InChI=1S/C20H33N3O/c1-12-6-5-8-16(22-12)15-10-13-14-7-3-4-9-20(14)11-17(23-21)18(13)19(15,2)24-20/h12-16,18,22H,3-11,21H2,1-2H3/t12-,13+,14+,15+,16-,18+,19+,20+/m1/s1. The second-order valence-corrected chi connectivity index (χ2v) is 9.59. The number of hydrazone groups is 1. The third-order valence-corrected chi connectivity index (χ3v) is 8.43. The molecule has 6 fully saturated rings. The van der Waals surface area contributed by atoms with Crippen molar-refractivity contribution in [2.45, 2.75) is 94.9 Å². The maximum absolute atomic E-state index is 7.11. The molecule has 1 spiro atoms. The van der Waals surface area contributed by atoms with Crippen LogP contribution in [0.1, 0.15) is 71.6 Å². The third-order valence-electron chi connectivity index (χ3n) is 8.43. The summed E-state index contributed by atoms with van der Waals surface area (Å²) in [4.78, 5) is 0. The molecule has 8 atom stereocenters. The van der Waals surface area contributed by atoms with Gasteiger partial charge in [0.15, 0.2) is 0 Å². The van der Waals surface area contributed by atoms with Crippen molar-refractivity contribution in [1.82, 2.24) is 5.32 Å². The van der Waals surface area contributed by atoms with E-state index < -0.39 is 0 Å². The summed E-state index contributed by atoms with van der Waals surface area (Å²) in [5.41, 5.74) is 1.28. The van der Waals surface area contributed by atoms with E-state index in [2.05, 4.69) is 24.3 Å². The Bertz CT molecular complexity index is 563. The Morgan fingerprint density at radius 1 is 1.17 bits per heavy atom. The Kier molecular flexibility index (Phi) is 3.39. The minimum absolute atomic E-state index is 0.0519. The number of nitrogens with zero attached hydrogens (tertiary/aromatic N) is 1. The van der Waals surface area contributed by atoms with Crippen LogP contribution in [-0.2, 0) is 4.74 Å². The first kappa shape index (κ1) is 15.6. The van der Waals surface area contributed by atoms with Crippen molar-refractivity contribution in [3.8, 4) is 0 Å². The van der Waals surface area contributed by atoms with Gasteiger partial charge in [0.1, 0.15) is 0 Å². The van der Waals surface area contributed by atoms with Gasteiger partial charge in [0, 0.05) is 36.1 Å². The van der Waals surface area contributed by atoms with Gasteiger partial charge in [0.05, 0.1) is 11.2 Å². The minimum atomic E-state index is -0.0519. The molecule has 3 saturated heterocycles. The summed E-state index contributed by atoms with van der Waals surface area (Å²) in [5.74, 6) is 8.48. The molecule has 3 aliphatic carbocycles. The Labute approximate surface area is 146 Å². The van der Waals surface area contributed by atoms with E-state index in [0.29, 0.717) is 23.9 Å². The van der Waals surface area contributed by atoms with Crippen molar-refractivity contribution in [1.29, 1.82) is 0 Å². The minimum Gasteiger partial charge on any atom is -0.367 e. The highest BCUT2D eigenvalue weighted by atomic mass is 16.5. The summed E-state index contributed by atoms with van der Waals surface area (Å²) >= 11 is 0. The number of rotatable bonds is 1. The molecule has 0 aromatic rings. The Morgan fingerprint density at radius 3 is 2.83 bits per heavy atom. The molecule has 3 saturated carbocycles. The van der Waals surface area contributed by atoms with E-state index in [4.69, 9.17) is 10.6 Å². The van der Waals surface area contributed by atoms with E-state index in [1.54, 1.807) is 0 Å². The first-order valence-electron chi connectivity index (χ1n) is 10.3. The number of ether oxygens (including phenoxy) is 1. The van der Waals surface area contributed by atoms with Crippen LogP contribution < -0.4 is 11.2 Å². The maximum atomic E-state index is 7.11. The van der Waals surface area contributed by atoms with Crippen molar-refractivity contribution < 1.29 is 4.74 Å². The summed E-state index contributed by atoms with van der Waals surface area (Å²) in [7, 11) is 0. The van der Waals surface area contributed by atoms with Crippen molar-refractivity contribution in [2.75, 3.05) is 0 Å². The van der Waals surface area contributed by atoms with E-state index >= 15 is 0 Å². The molecule has 24 heavy (non-hydrogen) atoms. The van der Waals surface area contributed by atoms with Crippen molar-refractivity contribution in [3.63, 3.8) is 0 Å². The molecular weight excluding hydrogens is 298 g/mol. The highest BCUT2D eigenvalue weighted by Crippen LogP contribution is 2.67. The lowest BCUT2D eigenvalue weighted by molar-refractivity contribution is -0.257. The number of piperidine rings is 1. The quantitative estimate of drug-likeness (QED) is 0.573. The normalized spacial score (nSPS) is 58.0. The van der Waals surface area contributed by atoms with E-state index in [0.717, 1.165) is 18.3 Å². The monoisotopic (exact) mass is 331 g/mol. The fourth-order valence-corrected chi connectivity index (χ4v) is 7.69. The fourth-order valence-electron chi connectivity index (χ4n) is 7.69. The zero-order chi connectivity index (χ0) is 16.5. The third kappa shape index (κ3) is 1.90. The van der Waals surface area contributed by atoms with E-state index in [1.165, 1.54) is 57.1 Å². The Morgan fingerprint density at radius 2 is 2.04 bits per heavy atom. The number of nitrogens with two attached hydrogens (primary N) is 1. The maximum Gasteiger partial charge on any atom is 0.0788 e. The number of hydrogen-bond acceptors (Lipinski definition) is 4. The molecule has 3 heterocycles. The molecule has 0 aromatic heterocycles. The molecular formula is C20H33N3O. The second kappa shape index (κ2) is 5.20. The molecule has 3 N–H and O–H groups in total. The fraction of sp³-hybridized carbons (Fsp3) is 0.950. The van der Waals surface area contributed by atoms with Crippen LogP contribution in [0.3, 0.4) is 0 Å². The lowest BCUT2D eigenvalue weighted by Gasteiger charge is -2.62. The first-order valence-corrected chi connectivity index (χ1v) is 10.3. The van der Waals surface area contributed by atoms with Gasteiger partial charge >= 0.3 is 0 Å². The first-order chi connectivity index (χ1) is 11.6. The van der Waals surface area contributed by atoms with E-state index in [9.17, 15) is 0 Å². The highest BCUT2D eigenvalue weighted by molar-refractivity contribution is 5.91. The van der Waals surface area contributed by atoms with Gasteiger partial charge in [0.25, 0.3) is 0 Å². The average molecular weight is 332 g/mol. The lowest BCUT2D eigenvalue weighted by Crippen LogP contribution is -2.68. The topological polar surface area (TPSA) is 59.6 Å². The molecule has 6 aliphatic rings. The van der Waals surface area contributed by atoms with Crippen molar-refractivity contribution in [2.24, 2.45) is 34.6 Å². The molecule has 134 valence electrons. The SMILES string of the molecule is C[C@@H]1CCC[C@H]([C@@H]2C[C@@H]3[C@H]4C(=NN)C[C@]5(CCCC[C@@H]35)O[C@]42C)N1. The number of hydrogen-bond donors (Lipinski definition) is 2. The van der Waals surface area contributed by atoms with Gasteiger partial charge in [0.2, 0.25) is 0 Å². The lowest BCUT2D eigenvalue weighted by atomic mass is 9.55. The summed E-state index contributed by atoms with van der Waals surface area (Å²) < 4.78 is 7.11. The Hall–Kier alpha value is -0.610. The highest BCUT2D eigenvalue weighted by Gasteiger charge is 2.71. The summed E-state index contributed by atoms with van der Waals surface area (Å²) in [6.07, 6.45) is 11.6. The molecule has 3 aliphatic heterocycles. The van der Waals surface area contributed by atoms with Crippen molar-refractivity contribution >= 4 is 5.71 Å². The molecule has 6 rings (SSSR count). The van der Waals surface area contributed by atoms with Crippen LogP contribution in [-0.4, -0.2) is 29.0 Å². The van der Waals surface area contributed by atoms with Crippen LogP contribution in [0.4, 0.5) is 0 Å². The number of fused-ring (bicyclic) bond motifs is 1. The summed E-state index contributed by atoms with van der Waals surface area (Å²) in [5, 5.41) is 8.23. The van der Waals surface area contributed by atoms with Gasteiger partial charge in [-0.2, -0.15) is 5.10 Å². The van der Waals surface area contributed by atoms with Gasteiger partial charge in [-0.05, 0) is 57.8 Å². The van der Waals surface area contributed by atoms with Gasteiger partial charge in [-0.3, -0.25) is 0 Å². The average Bonchev–Trinajstić information content (AvgIpc) is 2.83. The second-order valence-electron chi connectivity index (χ2n) is 9.59. The summed E-state index contributed by atoms with van der Waals surface area (Å²) in [6, 6.07) is 1.26. The van der Waals surface area contributed by atoms with E-state index in [-0.39, 0.29) is 11.2 Å². The molecule has 0 unspecified atom stereocenters. The molecule has 4 bridgehead atoms.